The fraction of sp³-hybridized carbons (Fsp3) is 0.400. The first-order chi connectivity index (χ1) is 15.9. The van der Waals surface area contributed by atoms with Crippen LogP contribution in [0.2, 0.25) is 0 Å². The molecule has 4 rings (SSSR count). The van der Waals surface area contributed by atoms with E-state index in [0.29, 0.717) is 35.0 Å². The second-order valence-corrected chi connectivity index (χ2v) is 8.03. The van der Waals surface area contributed by atoms with Gasteiger partial charge >= 0.3 is 5.97 Å². The highest BCUT2D eigenvalue weighted by Crippen LogP contribution is 2.30. The van der Waals surface area contributed by atoms with E-state index >= 15 is 0 Å². The van der Waals surface area contributed by atoms with Crippen LogP contribution in [0.1, 0.15) is 48.8 Å². The van der Waals surface area contributed by atoms with Gasteiger partial charge in [0.25, 0.3) is 5.91 Å². The van der Waals surface area contributed by atoms with Crippen molar-refractivity contribution >= 4 is 23.9 Å². The highest BCUT2D eigenvalue weighted by atomic mass is 16.6. The summed E-state index contributed by atoms with van der Waals surface area (Å²) in [6, 6.07) is 7.06. The van der Waals surface area contributed by atoms with Crippen molar-refractivity contribution < 1.29 is 28.2 Å². The topological polar surface area (TPSA) is 90.6 Å². The first kappa shape index (κ1) is 22.6. The monoisotopic (exact) mass is 452 g/mol. The Bertz CT molecular complexity index is 1110. The van der Waals surface area contributed by atoms with Gasteiger partial charge in [-0.2, -0.15) is 0 Å². The molecule has 0 spiro atoms. The lowest BCUT2D eigenvalue weighted by molar-refractivity contribution is -0.134. The number of nitrogens with zero attached hydrogens (tertiary/aromatic N) is 2. The summed E-state index contributed by atoms with van der Waals surface area (Å²) < 4.78 is 22.3. The first-order valence-electron chi connectivity index (χ1n) is 11.2. The number of amides is 1. The van der Waals surface area contributed by atoms with Crippen molar-refractivity contribution in [1.29, 1.82) is 0 Å². The maximum absolute atomic E-state index is 12.4. The number of hydrogen-bond acceptors (Lipinski definition) is 7. The number of ether oxygens (including phenoxy) is 3. The van der Waals surface area contributed by atoms with Gasteiger partial charge in [0.15, 0.2) is 23.8 Å². The van der Waals surface area contributed by atoms with E-state index < -0.39 is 5.97 Å². The van der Waals surface area contributed by atoms with Gasteiger partial charge in [0.1, 0.15) is 11.5 Å². The molecule has 0 aliphatic carbocycles. The molecule has 0 radical (unpaired) electrons. The molecule has 1 amide bonds. The quantitative estimate of drug-likeness (QED) is 0.465. The van der Waals surface area contributed by atoms with E-state index in [2.05, 4.69) is 4.99 Å². The highest BCUT2D eigenvalue weighted by molar-refractivity contribution is 6.13. The van der Waals surface area contributed by atoms with Gasteiger partial charge in [0.2, 0.25) is 5.90 Å². The Morgan fingerprint density at radius 2 is 1.91 bits per heavy atom. The summed E-state index contributed by atoms with van der Waals surface area (Å²) in [5.41, 5.74) is 1.53. The average molecular weight is 453 g/mol. The molecule has 0 unspecified atom stereocenters. The SMILES string of the molecule is CCOc1cc(C=C2N=C(c3cc(C)oc3C)OC2=O)ccc1OCC(=O)N1CCCCC1. The number of cyclic esters (lactones) is 1. The van der Waals surface area contributed by atoms with E-state index in [1.54, 1.807) is 37.3 Å². The van der Waals surface area contributed by atoms with Crippen LogP contribution in [0, 0.1) is 13.8 Å². The van der Waals surface area contributed by atoms with E-state index in [1.807, 2.05) is 18.7 Å². The molecule has 0 N–H and O–H groups in total. The van der Waals surface area contributed by atoms with Crippen molar-refractivity contribution in [2.24, 2.45) is 4.99 Å². The van der Waals surface area contributed by atoms with Gasteiger partial charge < -0.3 is 23.5 Å². The second kappa shape index (κ2) is 9.94. The van der Waals surface area contributed by atoms with Gasteiger partial charge in [-0.1, -0.05) is 6.07 Å². The number of carbonyl (C=O) groups is 2. The smallest absolute Gasteiger partial charge is 0.363 e. The second-order valence-electron chi connectivity index (χ2n) is 8.03. The lowest BCUT2D eigenvalue weighted by Crippen LogP contribution is -2.38. The van der Waals surface area contributed by atoms with Crippen LogP contribution in [-0.2, 0) is 14.3 Å². The summed E-state index contributed by atoms with van der Waals surface area (Å²) in [6.45, 7) is 7.44. The first-order valence-corrected chi connectivity index (χ1v) is 11.2. The van der Waals surface area contributed by atoms with Crippen LogP contribution in [0.25, 0.3) is 6.08 Å². The number of likely N-dealkylation sites (tertiary alicyclic amines) is 1. The summed E-state index contributed by atoms with van der Waals surface area (Å²) in [4.78, 5) is 31.0. The van der Waals surface area contributed by atoms with E-state index in [9.17, 15) is 9.59 Å². The number of aryl methyl sites for hydroxylation is 2. The predicted octanol–water partition coefficient (Wildman–Crippen LogP) is 4.03. The Labute approximate surface area is 192 Å². The lowest BCUT2D eigenvalue weighted by atomic mass is 10.1. The molecule has 8 nitrogen and oxygen atoms in total. The van der Waals surface area contributed by atoms with Crippen LogP contribution >= 0.6 is 0 Å². The zero-order valence-corrected chi connectivity index (χ0v) is 19.2. The Hall–Kier alpha value is -3.55. The normalized spacial score (nSPS) is 17.2. The predicted molar refractivity (Wildman–Crippen MR) is 122 cm³/mol. The van der Waals surface area contributed by atoms with E-state index in [1.165, 1.54) is 0 Å². The van der Waals surface area contributed by atoms with Gasteiger partial charge in [0, 0.05) is 13.1 Å². The zero-order valence-electron chi connectivity index (χ0n) is 19.2. The molecule has 33 heavy (non-hydrogen) atoms. The molecular weight excluding hydrogens is 424 g/mol. The van der Waals surface area contributed by atoms with Crippen LogP contribution in [0.4, 0.5) is 0 Å². The van der Waals surface area contributed by atoms with Crippen molar-refractivity contribution in [3.8, 4) is 11.5 Å². The molecule has 3 heterocycles. The lowest BCUT2D eigenvalue weighted by Gasteiger charge is -2.26. The Kier molecular flexibility index (Phi) is 6.82. The number of furan rings is 1. The van der Waals surface area contributed by atoms with Gasteiger partial charge in [-0.3, -0.25) is 4.79 Å². The molecule has 1 aromatic heterocycles. The largest absolute Gasteiger partial charge is 0.490 e. The van der Waals surface area contributed by atoms with E-state index in [4.69, 9.17) is 18.6 Å². The van der Waals surface area contributed by atoms with Crippen LogP contribution in [0.3, 0.4) is 0 Å². The standard InChI is InChI=1S/C25H28N2O6/c1-4-30-22-14-18(8-9-21(22)31-15-23(28)27-10-6-5-7-11-27)13-20-25(29)33-24(26-20)19-12-16(2)32-17(19)3/h8-9,12-14H,4-7,10-11,15H2,1-3H3. The zero-order chi connectivity index (χ0) is 23.4. The van der Waals surface area contributed by atoms with Crippen LogP contribution in [-0.4, -0.2) is 49.0 Å². The molecule has 0 bridgehead atoms. The Balaban J connectivity index is 1.50. The van der Waals surface area contributed by atoms with Crippen molar-refractivity contribution in [3.63, 3.8) is 0 Å². The van der Waals surface area contributed by atoms with Gasteiger partial charge in [-0.05, 0) is 69.9 Å². The van der Waals surface area contributed by atoms with Gasteiger partial charge in [0.05, 0.1) is 12.2 Å². The minimum Gasteiger partial charge on any atom is -0.490 e. The minimum atomic E-state index is -0.534. The third kappa shape index (κ3) is 5.27. The van der Waals surface area contributed by atoms with Gasteiger partial charge in [-0.25, -0.2) is 9.79 Å². The summed E-state index contributed by atoms with van der Waals surface area (Å²) >= 11 is 0. The van der Waals surface area contributed by atoms with E-state index in [0.717, 1.165) is 38.1 Å². The fourth-order valence-electron chi connectivity index (χ4n) is 3.90. The van der Waals surface area contributed by atoms with E-state index in [-0.39, 0.29) is 24.1 Å². The minimum absolute atomic E-state index is 0.0244. The average Bonchev–Trinajstić information content (AvgIpc) is 3.34. The summed E-state index contributed by atoms with van der Waals surface area (Å²) in [5, 5.41) is 0. The van der Waals surface area contributed by atoms with Crippen LogP contribution < -0.4 is 9.47 Å². The van der Waals surface area contributed by atoms with Crippen LogP contribution in [0.5, 0.6) is 11.5 Å². The highest BCUT2D eigenvalue weighted by Gasteiger charge is 2.27. The summed E-state index contributed by atoms with van der Waals surface area (Å²) in [7, 11) is 0. The molecule has 2 aliphatic heterocycles. The molecule has 174 valence electrons. The number of aliphatic imine (C=N–C) groups is 1. The number of rotatable bonds is 7. The number of benzene rings is 1. The molecule has 8 heteroatoms. The third-order valence-corrected chi connectivity index (χ3v) is 5.52. The van der Waals surface area contributed by atoms with Crippen molar-refractivity contribution in [2.45, 2.75) is 40.0 Å². The molecular formula is C25H28N2O6. The van der Waals surface area contributed by atoms with Crippen molar-refractivity contribution in [3.05, 3.63) is 52.6 Å². The molecule has 2 aromatic rings. The molecule has 2 aliphatic rings. The summed E-state index contributed by atoms with van der Waals surface area (Å²) in [6.07, 6.45) is 4.86. The summed E-state index contributed by atoms with van der Waals surface area (Å²) in [5.74, 6) is 2.00. The van der Waals surface area contributed by atoms with Crippen LogP contribution in [0.15, 0.2) is 39.4 Å². The molecule has 1 fully saturated rings. The van der Waals surface area contributed by atoms with Crippen molar-refractivity contribution in [2.75, 3.05) is 26.3 Å². The van der Waals surface area contributed by atoms with Gasteiger partial charge in [-0.15, -0.1) is 0 Å². The number of piperidine rings is 1. The molecule has 0 atom stereocenters. The fourth-order valence-corrected chi connectivity index (χ4v) is 3.90. The Morgan fingerprint density at radius 3 is 2.61 bits per heavy atom. The molecule has 1 aromatic carbocycles. The molecule has 1 saturated heterocycles. The molecule has 0 saturated carbocycles. The maximum Gasteiger partial charge on any atom is 0.363 e. The Morgan fingerprint density at radius 1 is 1.12 bits per heavy atom. The van der Waals surface area contributed by atoms with Crippen molar-refractivity contribution in [1.82, 2.24) is 4.90 Å². The maximum atomic E-state index is 12.4. The third-order valence-electron chi connectivity index (χ3n) is 5.52. The number of esters is 1. The number of carbonyl (C=O) groups excluding carboxylic acids is 2. The number of hydrogen-bond donors (Lipinski definition) is 0.